The van der Waals surface area contributed by atoms with Crippen molar-refractivity contribution in [3.8, 4) is 0 Å². The summed E-state index contributed by atoms with van der Waals surface area (Å²) in [4.78, 5) is 12.0. The third kappa shape index (κ3) is 2.98. The van der Waals surface area contributed by atoms with Crippen LogP contribution in [0.15, 0.2) is 30.3 Å². The molecule has 2 rings (SSSR count). The fourth-order valence-corrected chi connectivity index (χ4v) is 1.77. The van der Waals surface area contributed by atoms with E-state index in [-0.39, 0.29) is 11.6 Å². The standard InChI is InChI=1S/C12H12ClN5O/c1-7-3-2-4-8(13)11(7)15-12(19)9-5-6-10(16-14)18-17-9/h2-6H,14H2,1H3,(H,15,19)(H,16,18). The summed E-state index contributed by atoms with van der Waals surface area (Å²) in [5.41, 5.74) is 3.95. The van der Waals surface area contributed by atoms with Gasteiger partial charge in [-0.05, 0) is 30.7 Å². The number of hydrogen-bond acceptors (Lipinski definition) is 5. The van der Waals surface area contributed by atoms with Gasteiger partial charge in [0.25, 0.3) is 5.91 Å². The number of benzene rings is 1. The molecule has 0 unspecified atom stereocenters. The van der Waals surface area contributed by atoms with Crippen LogP contribution in [0.3, 0.4) is 0 Å². The summed E-state index contributed by atoms with van der Waals surface area (Å²) in [6.45, 7) is 1.86. The Hall–Kier alpha value is -2.18. The first-order valence-electron chi connectivity index (χ1n) is 5.48. The molecule has 0 bridgehead atoms. The number of hydrazine groups is 1. The number of halogens is 1. The number of carbonyl (C=O) groups excluding carboxylic acids is 1. The first kappa shape index (κ1) is 13.3. The van der Waals surface area contributed by atoms with Crippen LogP contribution in [0.2, 0.25) is 5.02 Å². The second-order valence-electron chi connectivity index (χ2n) is 3.83. The van der Waals surface area contributed by atoms with Crippen molar-refractivity contribution in [2.75, 3.05) is 10.7 Å². The molecule has 2 aromatic rings. The molecular weight excluding hydrogens is 266 g/mol. The molecule has 4 N–H and O–H groups in total. The molecule has 0 fully saturated rings. The molecule has 0 aliphatic carbocycles. The van der Waals surface area contributed by atoms with Crippen molar-refractivity contribution in [1.29, 1.82) is 0 Å². The van der Waals surface area contributed by atoms with Crippen LogP contribution in [-0.4, -0.2) is 16.1 Å². The topological polar surface area (TPSA) is 92.9 Å². The third-order valence-electron chi connectivity index (χ3n) is 2.51. The van der Waals surface area contributed by atoms with Crippen molar-refractivity contribution in [3.05, 3.63) is 46.6 Å². The lowest BCUT2D eigenvalue weighted by atomic mass is 10.2. The molecule has 0 aliphatic heterocycles. The lowest BCUT2D eigenvalue weighted by Gasteiger charge is -2.09. The lowest BCUT2D eigenvalue weighted by molar-refractivity contribution is 0.102. The molecule has 0 spiro atoms. The van der Waals surface area contributed by atoms with E-state index in [4.69, 9.17) is 17.4 Å². The molecule has 0 atom stereocenters. The van der Waals surface area contributed by atoms with Crippen LogP contribution >= 0.6 is 11.6 Å². The normalized spacial score (nSPS) is 10.1. The van der Waals surface area contributed by atoms with Gasteiger partial charge >= 0.3 is 0 Å². The van der Waals surface area contributed by atoms with Gasteiger partial charge in [0.1, 0.15) is 0 Å². The van der Waals surface area contributed by atoms with Gasteiger partial charge in [0.15, 0.2) is 11.5 Å². The molecule has 6 nitrogen and oxygen atoms in total. The van der Waals surface area contributed by atoms with E-state index in [1.54, 1.807) is 12.1 Å². The molecule has 1 amide bonds. The molecule has 0 saturated heterocycles. The van der Waals surface area contributed by atoms with Gasteiger partial charge in [-0.2, -0.15) is 0 Å². The fourth-order valence-electron chi connectivity index (χ4n) is 1.50. The first-order valence-corrected chi connectivity index (χ1v) is 5.86. The molecule has 0 aliphatic rings. The molecule has 1 aromatic heterocycles. The van der Waals surface area contributed by atoms with Gasteiger partial charge in [-0.1, -0.05) is 23.7 Å². The summed E-state index contributed by atoms with van der Waals surface area (Å²) < 4.78 is 0. The number of nitrogens with zero attached hydrogens (tertiary/aromatic N) is 2. The Morgan fingerprint density at radius 3 is 2.63 bits per heavy atom. The van der Waals surface area contributed by atoms with Gasteiger partial charge in [-0.3, -0.25) is 4.79 Å². The van der Waals surface area contributed by atoms with Crippen LogP contribution < -0.4 is 16.6 Å². The molecule has 1 aromatic carbocycles. The number of amides is 1. The number of nitrogens with one attached hydrogen (secondary N) is 2. The van der Waals surface area contributed by atoms with Crippen molar-refractivity contribution in [3.63, 3.8) is 0 Å². The van der Waals surface area contributed by atoms with E-state index in [1.165, 1.54) is 6.07 Å². The van der Waals surface area contributed by atoms with Crippen LogP contribution in [0.4, 0.5) is 11.5 Å². The quantitative estimate of drug-likeness (QED) is 0.589. The molecule has 0 radical (unpaired) electrons. The van der Waals surface area contributed by atoms with Crippen molar-refractivity contribution >= 4 is 29.0 Å². The number of carbonyl (C=O) groups is 1. The van der Waals surface area contributed by atoms with Gasteiger partial charge in [-0.25, -0.2) is 5.84 Å². The Balaban J connectivity index is 2.20. The molecular formula is C12H12ClN5O. The molecule has 7 heteroatoms. The highest BCUT2D eigenvalue weighted by molar-refractivity contribution is 6.34. The van der Waals surface area contributed by atoms with Crippen molar-refractivity contribution in [1.82, 2.24) is 10.2 Å². The largest absolute Gasteiger partial charge is 0.319 e. The van der Waals surface area contributed by atoms with Gasteiger partial charge in [0.2, 0.25) is 0 Å². The number of nitrogens with two attached hydrogens (primary N) is 1. The molecule has 1 heterocycles. The van der Waals surface area contributed by atoms with Crippen molar-refractivity contribution in [2.45, 2.75) is 6.92 Å². The average Bonchev–Trinajstić information content (AvgIpc) is 2.43. The second-order valence-corrected chi connectivity index (χ2v) is 4.24. The number of aromatic nitrogens is 2. The number of aryl methyl sites for hydroxylation is 1. The average molecular weight is 278 g/mol. The highest BCUT2D eigenvalue weighted by Gasteiger charge is 2.12. The van der Waals surface area contributed by atoms with Gasteiger partial charge in [0.05, 0.1) is 10.7 Å². The van der Waals surface area contributed by atoms with Crippen LogP contribution in [0.5, 0.6) is 0 Å². The maximum atomic E-state index is 12.0. The summed E-state index contributed by atoms with van der Waals surface area (Å²) in [5, 5.41) is 10.7. The highest BCUT2D eigenvalue weighted by atomic mass is 35.5. The van der Waals surface area contributed by atoms with E-state index in [9.17, 15) is 4.79 Å². The van der Waals surface area contributed by atoms with E-state index >= 15 is 0 Å². The van der Waals surface area contributed by atoms with Crippen molar-refractivity contribution in [2.24, 2.45) is 5.84 Å². The number of anilines is 2. The SMILES string of the molecule is Cc1cccc(Cl)c1NC(=O)c1ccc(NN)nn1. The van der Waals surface area contributed by atoms with Crippen LogP contribution in [0.1, 0.15) is 16.1 Å². The molecule has 98 valence electrons. The Labute approximate surface area is 115 Å². The lowest BCUT2D eigenvalue weighted by Crippen LogP contribution is -2.16. The third-order valence-corrected chi connectivity index (χ3v) is 2.82. The Bertz CT molecular complexity index is 579. The Morgan fingerprint density at radius 2 is 2.05 bits per heavy atom. The van der Waals surface area contributed by atoms with E-state index in [2.05, 4.69) is 20.9 Å². The second kappa shape index (κ2) is 5.64. The highest BCUT2D eigenvalue weighted by Crippen LogP contribution is 2.25. The summed E-state index contributed by atoms with van der Waals surface area (Å²) in [5.74, 6) is 5.17. The number of hydrogen-bond donors (Lipinski definition) is 3. The van der Waals surface area contributed by atoms with E-state index < -0.39 is 0 Å². The molecule has 0 saturated carbocycles. The number of nitrogen functional groups attached to an aromatic ring is 1. The Kier molecular flexibility index (Phi) is 3.94. The summed E-state index contributed by atoms with van der Waals surface area (Å²) in [7, 11) is 0. The van der Waals surface area contributed by atoms with E-state index in [0.29, 0.717) is 16.5 Å². The van der Waals surface area contributed by atoms with Crippen molar-refractivity contribution < 1.29 is 4.79 Å². The fraction of sp³-hybridized carbons (Fsp3) is 0.0833. The zero-order valence-corrected chi connectivity index (χ0v) is 10.9. The number of rotatable bonds is 3. The Morgan fingerprint density at radius 1 is 1.26 bits per heavy atom. The maximum Gasteiger partial charge on any atom is 0.276 e. The predicted octanol–water partition coefficient (Wildman–Crippen LogP) is 1.98. The van der Waals surface area contributed by atoms with Crippen LogP contribution in [-0.2, 0) is 0 Å². The smallest absolute Gasteiger partial charge is 0.276 e. The summed E-state index contributed by atoms with van der Waals surface area (Å²) >= 11 is 6.03. The van der Waals surface area contributed by atoms with Gasteiger partial charge in [0, 0.05) is 0 Å². The number of para-hydroxylation sites is 1. The molecule has 19 heavy (non-hydrogen) atoms. The van der Waals surface area contributed by atoms with Gasteiger partial charge in [-0.15, -0.1) is 10.2 Å². The van der Waals surface area contributed by atoms with E-state index in [1.807, 2.05) is 19.1 Å². The minimum Gasteiger partial charge on any atom is -0.319 e. The predicted molar refractivity (Wildman–Crippen MR) is 74.0 cm³/mol. The zero-order valence-electron chi connectivity index (χ0n) is 10.1. The first-order chi connectivity index (χ1) is 9.11. The minimum absolute atomic E-state index is 0.179. The maximum absolute atomic E-state index is 12.0. The van der Waals surface area contributed by atoms with E-state index in [0.717, 1.165) is 5.56 Å². The van der Waals surface area contributed by atoms with Crippen LogP contribution in [0, 0.1) is 6.92 Å². The summed E-state index contributed by atoms with van der Waals surface area (Å²) in [6, 6.07) is 8.45. The minimum atomic E-state index is -0.382. The zero-order chi connectivity index (χ0) is 13.8. The summed E-state index contributed by atoms with van der Waals surface area (Å²) in [6.07, 6.45) is 0. The van der Waals surface area contributed by atoms with Gasteiger partial charge < -0.3 is 10.7 Å². The monoisotopic (exact) mass is 277 g/mol. The van der Waals surface area contributed by atoms with Crippen LogP contribution in [0.25, 0.3) is 0 Å².